The predicted molar refractivity (Wildman–Crippen MR) is 75.6 cm³/mol. The van der Waals surface area contributed by atoms with Gasteiger partial charge in [-0.25, -0.2) is 4.39 Å². The number of halogens is 1. The molecule has 0 radical (unpaired) electrons. The van der Waals surface area contributed by atoms with E-state index in [0.717, 1.165) is 6.07 Å². The number of carboxylic acid groups (broad SMARTS) is 1. The van der Waals surface area contributed by atoms with E-state index >= 15 is 0 Å². The van der Waals surface area contributed by atoms with Gasteiger partial charge in [0.05, 0.1) is 6.42 Å². The lowest BCUT2D eigenvalue weighted by Crippen LogP contribution is -2.39. The molecule has 0 bridgehead atoms. The van der Waals surface area contributed by atoms with E-state index in [2.05, 4.69) is 5.32 Å². The lowest BCUT2D eigenvalue weighted by Gasteiger charge is -2.26. The summed E-state index contributed by atoms with van der Waals surface area (Å²) in [6.45, 7) is 5.73. The number of carboxylic acids is 1. The molecule has 1 atom stereocenters. The Bertz CT molecular complexity index is 517. The molecule has 1 aromatic rings. The number of amides is 1. The average molecular weight is 297 g/mol. The monoisotopic (exact) mass is 297 g/mol. The van der Waals surface area contributed by atoms with E-state index < -0.39 is 35.0 Å². The number of carbonyl (C=O) groups is 2. The number of rotatable bonds is 5. The Morgan fingerprint density at radius 3 is 2.43 bits per heavy atom. The zero-order valence-corrected chi connectivity index (χ0v) is 12.3. The van der Waals surface area contributed by atoms with Gasteiger partial charge in [-0.15, -0.1) is 0 Å². The number of carbonyl (C=O) groups excluding carboxylic acids is 1. The second kappa shape index (κ2) is 6.56. The van der Waals surface area contributed by atoms with Gasteiger partial charge in [-0.2, -0.15) is 0 Å². The quantitative estimate of drug-likeness (QED) is 0.779. The van der Waals surface area contributed by atoms with Crippen LogP contribution >= 0.6 is 0 Å². The molecule has 6 heteroatoms. The number of hydrogen-bond donors (Lipinski definition) is 3. The van der Waals surface area contributed by atoms with Crippen LogP contribution in [0.2, 0.25) is 0 Å². The van der Waals surface area contributed by atoms with Crippen LogP contribution in [0.25, 0.3) is 0 Å². The van der Waals surface area contributed by atoms with Crippen LogP contribution < -0.4 is 5.32 Å². The molecule has 0 aliphatic heterocycles. The minimum Gasteiger partial charge on any atom is -0.507 e. The third kappa shape index (κ3) is 5.41. The fraction of sp³-hybridized carbons (Fsp3) is 0.467. The molecular formula is C15H20FNO4. The second-order valence-electron chi connectivity index (χ2n) is 6.17. The number of benzene rings is 1. The highest BCUT2D eigenvalue weighted by Gasteiger charge is 2.25. The standard InChI is InChI=1S/C15H20FNO4/c1-15(2,3)8-9(7-12(19)20)17-14(21)13-10(16)5-4-6-11(13)18/h4-6,9,18H,7-8H2,1-3H3,(H,17,21)(H,19,20). The molecule has 1 rings (SSSR count). The van der Waals surface area contributed by atoms with Crippen LogP contribution in [0.3, 0.4) is 0 Å². The minimum atomic E-state index is -1.05. The van der Waals surface area contributed by atoms with E-state index in [1.54, 1.807) is 0 Å². The first kappa shape index (κ1) is 16.9. The Hall–Kier alpha value is -2.11. The van der Waals surface area contributed by atoms with Crippen LogP contribution in [0.15, 0.2) is 18.2 Å². The fourth-order valence-electron chi connectivity index (χ4n) is 2.12. The summed E-state index contributed by atoms with van der Waals surface area (Å²) in [5, 5.41) is 21.0. The van der Waals surface area contributed by atoms with E-state index in [4.69, 9.17) is 5.11 Å². The summed E-state index contributed by atoms with van der Waals surface area (Å²) in [5.74, 6) is -3.20. The minimum absolute atomic E-state index is 0.204. The summed E-state index contributed by atoms with van der Waals surface area (Å²) in [4.78, 5) is 22.9. The summed E-state index contributed by atoms with van der Waals surface area (Å²) in [7, 11) is 0. The molecule has 0 aliphatic carbocycles. The summed E-state index contributed by atoms with van der Waals surface area (Å²) >= 11 is 0. The summed E-state index contributed by atoms with van der Waals surface area (Å²) in [6, 6.07) is 2.90. The first-order valence-electron chi connectivity index (χ1n) is 6.60. The third-order valence-electron chi connectivity index (χ3n) is 2.83. The molecule has 1 amide bonds. The first-order valence-corrected chi connectivity index (χ1v) is 6.60. The maximum Gasteiger partial charge on any atom is 0.305 e. The van der Waals surface area contributed by atoms with Gasteiger partial charge in [-0.1, -0.05) is 26.8 Å². The van der Waals surface area contributed by atoms with E-state index in [9.17, 15) is 19.1 Å². The van der Waals surface area contributed by atoms with Gasteiger partial charge in [0.25, 0.3) is 5.91 Å². The van der Waals surface area contributed by atoms with Gasteiger partial charge in [0.15, 0.2) is 0 Å². The van der Waals surface area contributed by atoms with Crippen molar-refractivity contribution in [1.29, 1.82) is 0 Å². The van der Waals surface area contributed by atoms with Crippen LogP contribution in [0, 0.1) is 11.2 Å². The molecule has 3 N–H and O–H groups in total. The molecule has 21 heavy (non-hydrogen) atoms. The van der Waals surface area contributed by atoms with Crippen molar-refractivity contribution in [2.24, 2.45) is 5.41 Å². The summed E-state index contributed by atoms with van der Waals surface area (Å²) in [6.07, 6.45) is 0.151. The smallest absolute Gasteiger partial charge is 0.305 e. The van der Waals surface area contributed by atoms with Gasteiger partial charge in [0.1, 0.15) is 17.1 Å². The number of aliphatic carboxylic acids is 1. The van der Waals surface area contributed by atoms with Crippen molar-refractivity contribution < 1.29 is 24.2 Å². The zero-order valence-electron chi connectivity index (χ0n) is 12.3. The number of aromatic hydroxyl groups is 1. The largest absolute Gasteiger partial charge is 0.507 e. The van der Waals surface area contributed by atoms with Gasteiger partial charge < -0.3 is 15.5 Å². The predicted octanol–water partition coefficient (Wildman–Crippen LogP) is 2.54. The van der Waals surface area contributed by atoms with Crippen molar-refractivity contribution in [3.05, 3.63) is 29.6 Å². The topological polar surface area (TPSA) is 86.6 Å². The Morgan fingerprint density at radius 2 is 1.95 bits per heavy atom. The number of phenols is 1. The van der Waals surface area contributed by atoms with Crippen LogP contribution in [0.1, 0.15) is 44.0 Å². The van der Waals surface area contributed by atoms with E-state index in [1.165, 1.54) is 12.1 Å². The zero-order chi connectivity index (χ0) is 16.2. The van der Waals surface area contributed by atoms with Crippen molar-refractivity contribution in [2.75, 3.05) is 0 Å². The third-order valence-corrected chi connectivity index (χ3v) is 2.83. The molecule has 1 aromatic carbocycles. The van der Waals surface area contributed by atoms with Crippen molar-refractivity contribution >= 4 is 11.9 Å². The number of hydrogen-bond acceptors (Lipinski definition) is 3. The molecule has 5 nitrogen and oxygen atoms in total. The molecule has 0 spiro atoms. The molecule has 0 saturated heterocycles. The molecule has 116 valence electrons. The lowest BCUT2D eigenvalue weighted by molar-refractivity contribution is -0.137. The Labute approximate surface area is 122 Å². The van der Waals surface area contributed by atoms with Gasteiger partial charge in [-0.3, -0.25) is 9.59 Å². The summed E-state index contributed by atoms with van der Waals surface area (Å²) < 4.78 is 13.6. The molecule has 1 unspecified atom stereocenters. The van der Waals surface area contributed by atoms with Crippen LogP contribution in [-0.4, -0.2) is 28.1 Å². The molecule has 0 saturated carbocycles. The van der Waals surface area contributed by atoms with Gasteiger partial charge in [0.2, 0.25) is 0 Å². The van der Waals surface area contributed by atoms with Gasteiger partial charge >= 0.3 is 5.97 Å². The molecular weight excluding hydrogens is 277 g/mol. The number of nitrogens with one attached hydrogen (secondary N) is 1. The highest BCUT2D eigenvalue weighted by molar-refractivity contribution is 5.97. The van der Waals surface area contributed by atoms with Gasteiger partial charge in [-0.05, 0) is 24.0 Å². The highest BCUT2D eigenvalue weighted by atomic mass is 19.1. The fourth-order valence-corrected chi connectivity index (χ4v) is 2.12. The van der Waals surface area contributed by atoms with Crippen molar-refractivity contribution in [3.8, 4) is 5.75 Å². The molecule has 0 aliphatic rings. The molecule has 0 aromatic heterocycles. The van der Waals surface area contributed by atoms with Crippen molar-refractivity contribution in [1.82, 2.24) is 5.32 Å². The Morgan fingerprint density at radius 1 is 1.33 bits per heavy atom. The van der Waals surface area contributed by atoms with E-state index in [-0.39, 0.29) is 11.8 Å². The SMILES string of the molecule is CC(C)(C)CC(CC(=O)O)NC(=O)c1c(O)cccc1F. The maximum atomic E-state index is 13.6. The first-order chi connectivity index (χ1) is 9.60. The van der Waals surface area contributed by atoms with Crippen LogP contribution in [0.4, 0.5) is 4.39 Å². The summed E-state index contributed by atoms with van der Waals surface area (Å²) in [5.41, 5.74) is -0.674. The van der Waals surface area contributed by atoms with E-state index in [0.29, 0.717) is 6.42 Å². The van der Waals surface area contributed by atoms with Crippen LogP contribution in [-0.2, 0) is 4.79 Å². The normalized spacial score (nSPS) is 12.8. The Kier molecular flexibility index (Phi) is 5.29. The average Bonchev–Trinajstić information content (AvgIpc) is 2.24. The second-order valence-corrected chi connectivity index (χ2v) is 6.17. The molecule has 0 heterocycles. The molecule has 0 fully saturated rings. The van der Waals surface area contributed by atoms with E-state index in [1.807, 2.05) is 20.8 Å². The van der Waals surface area contributed by atoms with Crippen molar-refractivity contribution in [3.63, 3.8) is 0 Å². The Balaban J connectivity index is 2.92. The lowest BCUT2D eigenvalue weighted by atomic mass is 9.87. The maximum absolute atomic E-state index is 13.6. The number of phenolic OH excluding ortho intramolecular Hbond substituents is 1. The van der Waals surface area contributed by atoms with Gasteiger partial charge in [0, 0.05) is 6.04 Å². The highest BCUT2D eigenvalue weighted by Crippen LogP contribution is 2.24. The van der Waals surface area contributed by atoms with Crippen LogP contribution in [0.5, 0.6) is 5.75 Å². The van der Waals surface area contributed by atoms with Crippen molar-refractivity contribution in [2.45, 2.75) is 39.7 Å².